The van der Waals surface area contributed by atoms with E-state index in [9.17, 15) is 19.7 Å². The molecular formula is C17H17N3O4. The summed E-state index contributed by atoms with van der Waals surface area (Å²) in [6.07, 6.45) is 0. The second kappa shape index (κ2) is 6.49. The van der Waals surface area contributed by atoms with Crippen LogP contribution in [0.5, 0.6) is 0 Å². The molecule has 7 heteroatoms. The van der Waals surface area contributed by atoms with Gasteiger partial charge in [0.15, 0.2) is 0 Å². The Balaban J connectivity index is 2.40. The summed E-state index contributed by atoms with van der Waals surface area (Å²) in [4.78, 5) is 36.2. The highest BCUT2D eigenvalue weighted by Gasteiger charge is 2.40. The Labute approximate surface area is 138 Å². The first-order valence-electron chi connectivity index (χ1n) is 7.16. The molecule has 0 heterocycles. The maximum atomic E-state index is 12.7. The van der Waals surface area contributed by atoms with Crippen LogP contribution in [0.4, 0.5) is 5.69 Å². The van der Waals surface area contributed by atoms with Gasteiger partial charge in [-0.2, -0.15) is 0 Å². The van der Waals surface area contributed by atoms with Crippen LogP contribution in [0.25, 0.3) is 0 Å². The molecule has 0 bridgehead atoms. The van der Waals surface area contributed by atoms with Crippen molar-refractivity contribution in [3.8, 4) is 0 Å². The van der Waals surface area contributed by atoms with Gasteiger partial charge in [0.1, 0.15) is 5.54 Å². The van der Waals surface area contributed by atoms with Crippen molar-refractivity contribution in [3.05, 3.63) is 75.8 Å². The topological polar surface area (TPSA) is 107 Å². The van der Waals surface area contributed by atoms with Gasteiger partial charge in [0.05, 0.1) is 4.92 Å². The van der Waals surface area contributed by atoms with Crippen molar-refractivity contribution in [1.29, 1.82) is 0 Å². The fourth-order valence-corrected chi connectivity index (χ4v) is 2.39. The zero-order chi connectivity index (χ0) is 17.9. The third-order valence-corrected chi connectivity index (χ3v) is 4.12. The number of hydrogen-bond acceptors (Lipinski definition) is 4. The molecular weight excluding hydrogens is 310 g/mol. The molecule has 0 aliphatic carbocycles. The number of non-ortho nitro benzene ring substituents is 1. The molecule has 24 heavy (non-hydrogen) atoms. The summed E-state index contributed by atoms with van der Waals surface area (Å²) in [6.45, 7) is 1.56. The molecule has 0 aliphatic rings. The number of carbonyl (C=O) groups is 2. The van der Waals surface area contributed by atoms with Crippen molar-refractivity contribution in [1.82, 2.24) is 4.90 Å². The van der Waals surface area contributed by atoms with Gasteiger partial charge in [0.2, 0.25) is 5.91 Å². The van der Waals surface area contributed by atoms with Crippen LogP contribution in [0.1, 0.15) is 22.8 Å². The van der Waals surface area contributed by atoms with Gasteiger partial charge in [0, 0.05) is 24.7 Å². The lowest BCUT2D eigenvalue weighted by Gasteiger charge is -2.36. The molecule has 2 N–H and O–H groups in total. The van der Waals surface area contributed by atoms with Crippen molar-refractivity contribution in [3.63, 3.8) is 0 Å². The monoisotopic (exact) mass is 327 g/mol. The van der Waals surface area contributed by atoms with Gasteiger partial charge in [-0.05, 0) is 24.6 Å². The Hall–Kier alpha value is -3.22. The average Bonchev–Trinajstić information content (AvgIpc) is 2.60. The lowest BCUT2D eigenvalue weighted by Crippen LogP contribution is -2.53. The standard InChI is InChI=1S/C17H17N3O4/c1-17(16(18)22,13-6-4-3-5-7-13)19(2)15(21)12-8-10-14(11-9-12)20(23)24/h3-11H,1-2H3,(H2,18,22)/t17-/m0/s1. The van der Waals surface area contributed by atoms with Crippen molar-refractivity contribution in [2.45, 2.75) is 12.5 Å². The van der Waals surface area contributed by atoms with E-state index in [0.29, 0.717) is 5.56 Å². The van der Waals surface area contributed by atoms with Crippen molar-refractivity contribution in [2.24, 2.45) is 5.73 Å². The van der Waals surface area contributed by atoms with E-state index in [0.717, 1.165) is 0 Å². The maximum absolute atomic E-state index is 12.7. The van der Waals surface area contributed by atoms with Gasteiger partial charge in [-0.15, -0.1) is 0 Å². The van der Waals surface area contributed by atoms with E-state index in [-0.39, 0.29) is 11.3 Å². The predicted molar refractivity (Wildman–Crippen MR) is 88.2 cm³/mol. The van der Waals surface area contributed by atoms with Crippen LogP contribution < -0.4 is 5.73 Å². The summed E-state index contributed by atoms with van der Waals surface area (Å²) in [5.74, 6) is -1.14. The summed E-state index contributed by atoms with van der Waals surface area (Å²) in [5, 5.41) is 10.7. The molecule has 0 saturated heterocycles. The Morgan fingerprint density at radius 2 is 1.62 bits per heavy atom. The zero-order valence-corrected chi connectivity index (χ0v) is 13.3. The van der Waals surface area contributed by atoms with E-state index < -0.39 is 22.3 Å². The molecule has 124 valence electrons. The van der Waals surface area contributed by atoms with Gasteiger partial charge < -0.3 is 10.6 Å². The first kappa shape index (κ1) is 17.1. The number of primary amides is 1. The van der Waals surface area contributed by atoms with Crippen LogP contribution in [0.15, 0.2) is 54.6 Å². The molecule has 0 saturated carbocycles. The minimum Gasteiger partial charge on any atom is -0.367 e. The van der Waals surface area contributed by atoms with Gasteiger partial charge in [-0.1, -0.05) is 30.3 Å². The van der Waals surface area contributed by atoms with Gasteiger partial charge in [0.25, 0.3) is 11.6 Å². The number of nitro benzene ring substituents is 1. The van der Waals surface area contributed by atoms with E-state index in [4.69, 9.17) is 5.73 Å². The van der Waals surface area contributed by atoms with Gasteiger partial charge >= 0.3 is 0 Å². The van der Waals surface area contributed by atoms with E-state index in [1.807, 2.05) is 0 Å². The van der Waals surface area contributed by atoms with Crippen molar-refractivity contribution in [2.75, 3.05) is 7.05 Å². The molecule has 0 aliphatic heterocycles. The lowest BCUT2D eigenvalue weighted by molar-refractivity contribution is -0.384. The van der Waals surface area contributed by atoms with Crippen LogP contribution in [-0.2, 0) is 10.3 Å². The summed E-state index contributed by atoms with van der Waals surface area (Å²) in [6, 6.07) is 13.9. The van der Waals surface area contributed by atoms with E-state index >= 15 is 0 Å². The Morgan fingerprint density at radius 1 is 1.08 bits per heavy atom. The van der Waals surface area contributed by atoms with E-state index in [1.54, 1.807) is 37.3 Å². The average molecular weight is 327 g/mol. The minimum absolute atomic E-state index is 0.116. The minimum atomic E-state index is -1.35. The second-order valence-corrected chi connectivity index (χ2v) is 5.47. The lowest BCUT2D eigenvalue weighted by atomic mass is 9.89. The third kappa shape index (κ3) is 2.96. The number of benzene rings is 2. The summed E-state index contributed by atoms with van der Waals surface area (Å²) in [7, 11) is 1.47. The SMILES string of the molecule is CN(C(=O)c1ccc([N+](=O)[O-])cc1)[C@](C)(C(N)=O)c1ccccc1. The Morgan fingerprint density at radius 3 is 2.08 bits per heavy atom. The molecule has 0 fully saturated rings. The largest absolute Gasteiger partial charge is 0.367 e. The number of nitro groups is 1. The fourth-order valence-electron chi connectivity index (χ4n) is 2.39. The van der Waals surface area contributed by atoms with Crippen LogP contribution in [0, 0.1) is 10.1 Å². The molecule has 0 aromatic heterocycles. The summed E-state index contributed by atoms with van der Waals surface area (Å²) < 4.78 is 0. The highest BCUT2D eigenvalue weighted by Crippen LogP contribution is 2.28. The van der Waals surface area contributed by atoms with Crippen molar-refractivity contribution < 1.29 is 14.5 Å². The highest BCUT2D eigenvalue weighted by atomic mass is 16.6. The van der Waals surface area contributed by atoms with Crippen molar-refractivity contribution >= 4 is 17.5 Å². The molecule has 0 radical (unpaired) electrons. The fraction of sp³-hybridized carbons (Fsp3) is 0.176. The first-order chi connectivity index (χ1) is 11.3. The number of likely N-dealkylation sites (N-methyl/N-ethyl adjacent to an activating group) is 1. The first-order valence-corrected chi connectivity index (χ1v) is 7.16. The molecule has 2 rings (SSSR count). The number of carbonyl (C=O) groups excluding carboxylic acids is 2. The van der Waals surface area contributed by atoms with Crippen LogP contribution in [0.3, 0.4) is 0 Å². The molecule has 2 amide bonds. The Kier molecular flexibility index (Phi) is 4.64. The van der Waals surface area contributed by atoms with E-state index in [2.05, 4.69) is 0 Å². The molecule has 2 aromatic rings. The van der Waals surface area contributed by atoms with E-state index in [1.165, 1.54) is 36.2 Å². The molecule has 1 atom stereocenters. The third-order valence-electron chi connectivity index (χ3n) is 4.12. The molecule has 0 unspecified atom stereocenters. The number of amides is 2. The zero-order valence-electron chi connectivity index (χ0n) is 13.3. The maximum Gasteiger partial charge on any atom is 0.269 e. The number of nitrogens with zero attached hydrogens (tertiary/aromatic N) is 2. The highest BCUT2D eigenvalue weighted by molar-refractivity contribution is 5.99. The molecule has 7 nitrogen and oxygen atoms in total. The number of rotatable bonds is 5. The molecule has 2 aromatic carbocycles. The Bertz CT molecular complexity index is 774. The predicted octanol–water partition coefficient (Wildman–Crippen LogP) is 2.07. The van der Waals surface area contributed by atoms with Gasteiger partial charge in [-0.25, -0.2) is 0 Å². The summed E-state index contributed by atoms with van der Waals surface area (Å²) in [5.41, 5.74) is 4.91. The number of hydrogen-bond donors (Lipinski definition) is 1. The normalized spacial score (nSPS) is 12.9. The quantitative estimate of drug-likeness (QED) is 0.670. The van der Waals surface area contributed by atoms with Crippen LogP contribution in [-0.4, -0.2) is 28.7 Å². The van der Waals surface area contributed by atoms with Crippen LogP contribution >= 0.6 is 0 Å². The second-order valence-electron chi connectivity index (χ2n) is 5.47. The smallest absolute Gasteiger partial charge is 0.269 e. The molecule has 0 spiro atoms. The van der Waals surface area contributed by atoms with Crippen LogP contribution in [0.2, 0.25) is 0 Å². The summed E-state index contributed by atoms with van der Waals surface area (Å²) >= 11 is 0. The number of nitrogens with two attached hydrogens (primary N) is 1. The van der Waals surface area contributed by atoms with Gasteiger partial charge in [-0.3, -0.25) is 19.7 Å².